The van der Waals surface area contributed by atoms with E-state index in [9.17, 15) is 9.59 Å². The molecular weight excluding hydrogens is 358 g/mol. The summed E-state index contributed by atoms with van der Waals surface area (Å²) in [6, 6.07) is 5.77. The standard InChI is InChI=1S/C21H33N3O4/c1-6-23(13-20(25)22-15(2)3)14-21(26)24-11-7-8-18(24)17-12-16(27-4)9-10-19(17)28-5/h9-10,12,15,18H,6-8,11,13-14H2,1-5H3,(H,22,25)/p+1/t18-/m1/s1. The highest BCUT2D eigenvalue weighted by Gasteiger charge is 2.34. The van der Waals surface area contributed by atoms with Crippen LogP contribution >= 0.6 is 0 Å². The number of ether oxygens (including phenoxy) is 2. The Hall–Kier alpha value is -2.28. The minimum absolute atomic E-state index is 0.0212. The van der Waals surface area contributed by atoms with Crippen LogP contribution in [-0.2, 0) is 9.59 Å². The van der Waals surface area contributed by atoms with E-state index in [1.54, 1.807) is 14.2 Å². The lowest BCUT2D eigenvalue weighted by molar-refractivity contribution is -0.882. The molecule has 2 amide bonds. The highest BCUT2D eigenvalue weighted by atomic mass is 16.5. The molecule has 1 heterocycles. The smallest absolute Gasteiger partial charge is 0.278 e. The molecule has 2 atom stereocenters. The number of hydrogen-bond acceptors (Lipinski definition) is 4. The van der Waals surface area contributed by atoms with Gasteiger partial charge in [0.2, 0.25) is 0 Å². The molecule has 0 aromatic heterocycles. The molecule has 2 N–H and O–H groups in total. The Morgan fingerprint density at radius 2 is 2.00 bits per heavy atom. The summed E-state index contributed by atoms with van der Waals surface area (Å²) in [5, 5.41) is 2.90. The summed E-state index contributed by atoms with van der Waals surface area (Å²) in [5.41, 5.74) is 0.975. The first-order valence-electron chi connectivity index (χ1n) is 10.0. The van der Waals surface area contributed by atoms with Gasteiger partial charge in [-0.3, -0.25) is 9.59 Å². The molecule has 1 aromatic rings. The molecule has 0 aliphatic carbocycles. The number of carbonyl (C=O) groups is 2. The monoisotopic (exact) mass is 392 g/mol. The maximum atomic E-state index is 13.1. The third kappa shape index (κ3) is 5.61. The lowest BCUT2D eigenvalue weighted by Gasteiger charge is -2.28. The largest absolute Gasteiger partial charge is 0.497 e. The zero-order chi connectivity index (χ0) is 20.7. The van der Waals surface area contributed by atoms with E-state index in [-0.39, 0.29) is 23.9 Å². The molecule has 28 heavy (non-hydrogen) atoms. The number of likely N-dealkylation sites (N-methyl/N-ethyl adjacent to an activating group) is 1. The van der Waals surface area contributed by atoms with Crippen LogP contribution in [0.5, 0.6) is 11.5 Å². The second kappa shape index (κ2) is 10.3. The highest BCUT2D eigenvalue weighted by Crippen LogP contribution is 2.38. The van der Waals surface area contributed by atoms with E-state index in [0.717, 1.165) is 47.9 Å². The Labute approximate surface area is 168 Å². The molecule has 0 spiro atoms. The van der Waals surface area contributed by atoms with Gasteiger partial charge in [-0.05, 0) is 51.8 Å². The molecule has 1 unspecified atom stereocenters. The van der Waals surface area contributed by atoms with E-state index in [4.69, 9.17) is 9.47 Å². The normalized spacial score (nSPS) is 17.5. The van der Waals surface area contributed by atoms with Crippen LogP contribution in [0.4, 0.5) is 0 Å². The number of methoxy groups -OCH3 is 2. The van der Waals surface area contributed by atoms with Gasteiger partial charge >= 0.3 is 0 Å². The lowest BCUT2D eigenvalue weighted by Crippen LogP contribution is -3.14. The van der Waals surface area contributed by atoms with Crippen molar-refractivity contribution in [2.75, 3.05) is 40.4 Å². The van der Waals surface area contributed by atoms with Crippen LogP contribution < -0.4 is 19.7 Å². The van der Waals surface area contributed by atoms with E-state index in [2.05, 4.69) is 5.32 Å². The van der Waals surface area contributed by atoms with Crippen molar-refractivity contribution < 1.29 is 24.0 Å². The number of hydrogen-bond donors (Lipinski definition) is 2. The first kappa shape index (κ1) is 22.0. The maximum absolute atomic E-state index is 13.1. The first-order chi connectivity index (χ1) is 13.4. The number of likely N-dealkylation sites (tertiary alicyclic amines) is 1. The van der Waals surface area contributed by atoms with Crippen LogP contribution in [-0.4, -0.2) is 63.2 Å². The van der Waals surface area contributed by atoms with Crippen molar-refractivity contribution in [2.24, 2.45) is 0 Å². The third-order valence-electron chi connectivity index (χ3n) is 5.13. The molecule has 0 saturated carbocycles. The molecule has 2 rings (SSSR count). The van der Waals surface area contributed by atoms with E-state index >= 15 is 0 Å². The fourth-order valence-corrected chi connectivity index (χ4v) is 3.72. The van der Waals surface area contributed by atoms with E-state index < -0.39 is 0 Å². The molecule has 1 fully saturated rings. The Balaban J connectivity index is 2.11. The first-order valence-corrected chi connectivity index (χ1v) is 10.0. The third-order valence-corrected chi connectivity index (χ3v) is 5.13. The van der Waals surface area contributed by atoms with Gasteiger partial charge in [-0.1, -0.05) is 0 Å². The average molecular weight is 393 g/mol. The van der Waals surface area contributed by atoms with Crippen LogP contribution in [0.2, 0.25) is 0 Å². The van der Waals surface area contributed by atoms with E-state index in [1.807, 2.05) is 43.9 Å². The number of nitrogens with one attached hydrogen (secondary N) is 2. The van der Waals surface area contributed by atoms with Crippen molar-refractivity contribution >= 4 is 11.8 Å². The zero-order valence-electron chi connectivity index (χ0n) is 17.7. The Kier molecular flexibility index (Phi) is 8.11. The maximum Gasteiger partial charge on any atom is 0.278 e. The number of nitrogens with zero attached hydrogens (tertiary/aromatic N) is 1. The molecule has 1 saturated heterocycles. The van der Waals surface area contributed by atoms with E-state index in [0.29, 0.717) is 13.1 Å². The van der Waals surface area contributed by atoms with Gasteiger partial charge in [0, 0.05) is 18.2 Å². The Morgan fingerprint density at radius 3 is 2.61 bits per heavy atom. The van der Waals surface area contributed by atoms with Gasteiger partial charge in [-0.15, -0.1) is 0 Å². The molecule has 1 aliphatic rings. The van der Waals surface area contributed by atoms with Gasteiger partial charge in [-0.2, -0.15) is 0 Å². The van der Waals surface area contributed by atoms with Crippen LogP contribution in [0.15, 0.2) is 18.2 Å². The minimum Gasteiger partial charge on any atom is -0.497 e. The summed E-state index contributed by atoms with van der Waals surface area (Å²) in [5.74, 6) is 1.57. The molecule has 7 heteroatoms. The van der Waals surface area contributed by atoms with Gasteiger partial charge in [0.05, 0.1) is 26.8 Å². The predicted molar refractivity (Wildman–Crippen MR) is 108 cm³/mol. The molecule has 0 bridgehead atoms. The van der Waals surface area contributed by atoms with Crippen LogP contribution in [0.25, 0.3) is 0 Å². The number of benzene rings is 1. The van der Waals surface area contributed by atoms with Crippen molar-refractivity contribution in [1.29, 1.82) is 0 Å². The van der Waals surface area contributed by atoms with Gasteiger partial charge < -0.3 is 24.6 Å². The number of carbonyl (C=O) groups excluding carboxylic acids is 2. The highest BCUT2D eigenvalue weighted by molar-refractivity contribution is 5.79. The SMILES string of the molecule is CC[NH+](CC(=O)NC(C)C)CC(=O)N1CCC[C@@H]1c1cc(OC)ccc1OC. The van der Waals surface area contributed by atoms with Crippen LogP contribution in [0.1, 0.15) is 45.2 Å². The summed E-state index contributed by atoms with van der Waals surface area (Å²) in [4.78, 5) is 28.0. The minimum atomic E-state index is -0.0276. The summed E-state index contributed by atoms with van der Waals surface area (Å²) >= 11 is 0. The lowest BCUT2D eigenvalue weighted by atomic mass is 10.0. The van der Waals surface area contributed by atoms with Crippen LogP contribution in [0.3, 0.4) is 0 Å². The number of quaternary nitrogens is 1. The summed E-state index contributed by atoms with van der Waals surface area (Å²) < 4.78 is 10.9. The molecular formula is C21H34N3O4+. The quantitative estimate of drug-likeness (QED) is 0.652. The molecule has 156 valence electrons. The molecule has 0 radical (unpaired) electrons. The van der Waals surface area contributed by atoms with Crippen molar-refractivity contribution in [2.45, 2.75) is 45.7 Å². The molecule has 1 aliphatic heterocycles. The second-order valence-electron chi connectivity index (χ2n) is 7.53. The second-order valence-corrected chi connectivity index (χ2v) is 7.53. The van der Waals surface area contributed by atoms with Gasteiger partial charge in [0.25, 0.3) is 11.8 Å². The van der Waals surface area contributed by atoms with Gasteiger partial charge in [0.15, 0.2) is 13.1 Å². The average Bonchev–Trinajstić information content (AvgIpc) is 3.15. The Morgan fingerprint density at radius 1 is 1.25 bits per heavy atom. The van der Waals surface area contributed by atoms with Gasteiger partial charge in [-0.25, -0.2) is 0 Å². The predicted octanol–water partition coefficient (Wildman–Crippen LogP) is 0.797. The van der Waals surface area contributed by atoms with E-state index in [1.165, 1.54) is 0 Å². The number of amides is 2. The fourth-order valence-electron chi connectivity index (χ4n) is 3.72. The summed E-state index contributed by atoms with van der Waals surface area (Å²) in [6.45, 7) is 7.93. The van der Waals surface area contributed by atoms with Crippen molar-refractivity contribution in [3.8, 4) is 11.5 Å². The topological polar surface area (TPSA) is 72.3 Å². The van der Waals surface area contributed by atoms with Crippen LogP contribution in [0, 0.1) is 0 Å². The van der Waals surface area contributed by atoms with Gasteiger partial charge in [0.1, 0.15) is 11.5 Å². The summed E-state index contributed by atoms with van der Waals surface area (Å²) in [6.07, 6.45) is 1.84. The number of rotatable bonds is 9. The molecule has 7 nitrogen and oxygen atoms in total. The fraction of sp³-hybridized carbons (Fsp3) is 0.619. The van der Waals surface area contributed by atoms with Crippen molar-refractivity contribution in [1.82, 2.24) is 10.2 Å². The summed E-state index contributed by atoms with van der Waals surface area (Å²) in [7, 11) is 3.27. The Bertz CT molecular complexity index is 678. The van der Waals surface area contributed by atoms with Crippen molar-refractivity contribution in [3.63, 3.8) is 0 Å². The van der Waals surface area contributed by atoms with Crippen molar-refractivity contribution in [3.05, 3.63) is 23.8 Å². The molecule has 1 aromatic carbocycles. The zero-order valence-corrected chi connectivity index (χ0v) is 17.7.